The lowest BCUT2D eigenvalue weighted by Gasteiger charge is -2.00. The molecule has 6 nitrogen and oxygen atoms in total. The predicted molar refractivity (Wildman–Crippen MR) is 103 cm³/mol. The van der Waals surface area contributed by atoms with Gasteiger partial charge in [0.15, 0.2) is 5.76 Å². The smallest absolute Gasteiger partial charge is 0.307 e. The number of hydrazone groups is 1. The van der Waals surface area contributed by atoms with E-state index >= 15 is 0 Å². The number of fused-ring (bicyclic) bond motifs is 1. The van der Waals surface area contributed by atoms with Crippen molar-refractivity contribution in [3.05, 3.63) is 57.4 Å². The Hall–Kier alpha value is -2.55. The Bertz CT molecular complexity index is 949. The maximum Gasteiger partial charge on any atom is 0.307 e. The van der Waals surface area contributed by atoms with E-state index in [2.05, 4.69) is 10.5 Å². The van der Waals surface area contributed by atoms with E-state index in [4.69, 9.17) is 9.15 Å². The van der Waals surface area contributed by atoms with Gasteiger partial charge in [-0.3, -0.25) is 4.79 Å². The summed E-state index contributed by atoms with van der Waals surface area (Å²) < 4.78 is 11.7. The molecule has 0 saturated carbocycles. The van der Waals surface area contributed by atoms with Crippen molar-refractivity contribution in [2.75, 3.05) is 6.61 Å². The highest BCUT2D eigenvalue weighted by atomic mass is 127. The van der Waals surface area contributed by atoms with Crippen molar-refractivity contribution < 1.29 is 19.1 Å². The second-order valence-corrected chi connectivity index (χ2v) is 6.32. The van der Waals surface area contributed by atoms with Crippen LogP contribution < -0.4 is 10.2 Å². The fraction of sp³-hybridized carbons (Fsp3) is 0.111. The zero-order chi connectivity index (χ0) is 17.8. The fourth-order valence-electron chi connectivity index (χ4n) is 2.21. The topological polar surface area (TPSA) is 84.1 Å². The van der Waals surface area contributed by atoms with E-state index < -0.39 is 5.91 Å². The minimum absolute atomic E-state index is 0.168. The zero-order valence-electron chi connectivity index (χ0n) is 13.3. The van der Waals surface area contributed by atoms with Crippen LogP contribution in [0.1, 0.15) is 23.0 Å². The number of aromatic hydroxyl groups is 1. The number of nitrogens with one attached hydrogen (secondary N) is 1. The number of halogens is 1. The summed E-state index contributed by atoms with van der Waals surface area (Å²) in [5, 5.41) is 14.2. The highest BCUT2D eigenvalue weighted by Gasteiger charge is 2.12. The lowest BCUT2D eigenvalue weighted by Crippen LogP contribution is -2.16. The maximum absolute atomic E-state index is 12.1. The monoisotopic (exact) mass is 450 g/mol. The van der Waals surface area contributed by atoms with Gasteiger partial charge in [-0.15, -0.1) is 0 Å². The van der Waals surface area contributed by atoms with Gasteiger partial charge in [0.05, 0.1) is 16.4 Å². The van der Waals surface area contributed by atoms with Gasteiger partial charge in [0.2, 0.25) is 0 Å². The number of ether oxygens (including phenoxy) is 1. The van der Waals surface area contributed by atoms with Crippen molar-refractivity contribution in [1.82, 2.24) is 5.43 Å². The van der Waals surface area contributed by atoms with Crippen LogP contribution in [0.5, 0.6) is 11.5 Å². The van der Waals surface area contributed by atoms with Crippen LogP contribution in [0.25, 0.3) is 11.0 Å². The molecule has 25 heavy (non-hydrogen) atoms. The molecule has 0 aliphatic rings. The highest BCUT2D eigenvalue weighted by Crippen LogP contribution is 2.24. The number of hydrogen-bond acceptors (Lipinski definition) is 5. The van der Waals surface area contributed by atoms with Crippen molar-refractivity contribution in [2.45, 2.75) is 6.92 Å². The Kier molecular flexibility index (Phi) is 5.22. The third-order valence-corrected chi connectivity index (χ3v) is 4.24. The first-order valence-electron chi connectivity index (χ1n) is 7.55. The van der Waals surface area contributed by atoms with Crippen molar-refractivity contribution in [3.63, 3.8) is 0 Å². The number of rotatable bonds is 5. The number of nitrogens with zero attached hydrogens (tertiary/aromatic N) is 1. The summed E-state index contributed by atoms with van der Waals surface area (Å²) in [6.07, 6.45) is 1.50. The molecule has 1 amide bonds. The molecule has 0 fully saturated rings. The highest BCUT2D eigenvalue weighted by molar-refractivity contribution is 14.1. The summed E-state index contributed by atoms with van der Waals surface area (Å²) in [4.78, 5) is 12.1. The SMILES string of the molecule is CCOc1ccc2oc(C(=O)N/N=C/c3ccc(O)c(I)c3)cc2c1. The Balaban J connectivity index is 1.71. The van der Waals surface area contributed by atoms with Gasteiger partial charge in [-0.1, -0.05) is 0 Å². The zero-order valence-corrected chi connectivity index (χ0v) is 15.5. The van der Waals surface area contributed by atoms with Gasteiger partial charge in [-0.25, -0.2) is 5.43 Å². The molecule has 0 atom stereocenters. The summed E-state index contributed by atoms with van der Waals surface area (Å²) in [6.45, 7) is 2.48. The summed E-state index contributed by atoms with van der Waals surface area (Å²) >= 11 is 2.02. The van der Waals surface area contributed by atoms with Crippen molar-refractivity contribution in [1.29, 1.82) is 0 Å². The normalized spacial score (nSPS) is 11.1. The Labute approximate surface area is 157 Å². The molecule has 1 aromatic heterocycles. The van der Waals surface area contributed by atoms with Crippen LogP contribution in [0.3, 0.4) is 0 Å². The number of furan rings is 1. The average molecular weight is 450 g/mol. The third-order valence-electron chi connectivity index (χ3n) is 3.37. The number of carbonyl (C=O) groups excluding carboxylic acids is 1. The van der Waals surface area contributed by atoms with Crippen molar-refractivity contribution in [3.8, 4) is 11.5 Å². The molecular formula is C18H15IN2O4. The number of amides is 1. The van der Waals surface area contributed by atoms with Gasteiger partial charge >= 0.3 is 5.91 Å². The Morgan fingerprint density at radius 2 is 2.16 bits per heavy atom. The minimum atomic E-state index is -0.445. The van der Waals surface area contributed by atoms with Crippen LogP contribution in [0, 0.1) is 3.57 Å². The largest absolute Gasteiger partial charge is 0.507 e. The molecule has 0 aliphatic carbocycles. The first-order valence-corrected chi connectivity index (χ1v) is 8.63. The number of benzene rings is 2. The standard InChI is InChI=1S/C18H15IN2O4/c1-2-24-13-4-6-16-12(8-13)9-17(25-16)18(23)21-20-10-11-3-5-15(22)14(19)7-11/h3-10,22H,2H2,1H3,(H,21,23)/b20-10+. The summed E-state index contributed by atoms with van der Waals surface area (Å²) in [5.41, 5.74) is 3.78. The van der Waals surface area contributed by atoms with Gasteiger partial charge < -0.3 is 14.3 Å². The number of carbonyl (C=O) groups is 1. The van der Waals surface area contributed by atoms with Crippen LogP contribution >= 0.6 is 22.6 Å². The van der Waals surface area contributed by atoms with Crippen LogP contribution in [0.2, 0.25) is 0 Å². The van der Waals surface area contributed by atoms with E-state index in [0.717, 1.165) is 16.7 Å². The minimum Gasteiger partial charge on any atom is -0.507 e. The summed E-state index contributed by atoms with van der Waals surface area (Å²) in [5.74, 6) is 0.651. The third kappa shape index (κ3) is 4.11. The number of hydrogen-bond donors (Lipinski definition) is 2. The molecule has 1 heterocycles. The predicted octanol–water partition coefficient (Wildman–Crippen LogP) is 3.91. The Morgan fingerprint density at radius 1 is 1.32 bits per heavy atom. The van der Waals surface area contributed by atoms with Crippen molar-refractivity contribution >= 4 is 45.7 Å². The van der Waals surface area contributed by atoms with E-state index in [1.54, 1.807) is 36.4 Å². The van der Waals surface area contributed by atoms with Gasteiger partial charge in [0, 0.05) is 5.39 Å². The molecular weight excluding hydrogens is 435 g/mol. The average Bonchev–Trinajstić information content (AvgIpc) is 3.02. The molecule has 0 bridgehead atoms. The van der Waals surface area contributed by atoms with Crippen molar-refractivity contribution in [2.24, 2.45) is 5.10 Å². The lowest BCUT2D eigenvalue weighted by atomic mass is 10.2. The van der Waals surface area contributed by atoms with E-state index in [1.807, 2.05) is 35.6 Å². The Morgan fingerprint density at radius 3 is 2.92 bits per heavy atom. The van der Waals surface area contributed by atoms with E-state index in [9.17, 15) is 9.90 Å². The molecule has 2 N–H and O–H groups in total. The quantitative estimate of drug-likeness (QED) is 0.351. The van der Waals surface area contributed by atoms with Crippen LogP contribution in [0.15, 0.2) is 52.0 Å². The van der Waals surface area contributed by atoms with Gasteiger partial charge in [0.25, 0.3) is 0 Å². The fourth-order valence-corrected chi connectivity index (χ4v) is 2.75. The first kappa shape index (κ1) is 17.3. The lowest BCUT2D eigenvalue weighted by molar-refractivity contribution is 0.0929. The van der Waals surface area contributed by atoms with Gasteiger partial charge in [0.1, 0.15) is 17.1 Å². The number of phenols is 1. The molecule has 0 spiro atoms. The van der Waals surface area contributed by atoms with Crippen LogP contribution in [0.4, 0.5) is 0 Å². The second-order valence-electron chi connectivity index (χ2n) is 5.15. The molecule has 0 unspecified atom stereocenters. The molecule has 128 valence electrons. The maximum atomic E-state index is 12.1. The van der Waals surface area contributed by atoms with E-state index in [1.165, 1.54) is 6.21 Å². The molecule has 3 rings (SSSR count). The van der Waals surface area contributed by atoms with E-state index in [-0.39, 0.29) is 11.5 Å². The molecule has 2 aromatic carbocycles. The number of phenolic OH excluding ortho intramolecular Hbond substituents is 1. The first-order chi connectivity index (χ1) is 12.1. The molecule has 7 heteroatoms. The van der Waals surface area contributed by atoms with Gasteiger partial charge in [-0.05, 0) is 77.5 Å². The summed E-state index contributed by atoms with van der Waals surface area (Å²) in [7, 11) is 0. The summed E-state index contributed by atoms with van der Waals surface area (Å²) in [6, 6.07) is 12.0. The second kappa shape index (κ2) is 7.56. The molecule has 0 saturated heterocycles. The molecule has 3 aromatic rings. The van der Waals surface area contributed by atoms with E-state index in [0.29, 0.717) is 15.8 Å². The van der Waals surface area contributed by atoms with Gasteiger partial charge in [-0.2, -0.15) is 5.10 Å². The van der Waals surface area contributed by atoms with Crippen LogP contribution in [-0.2, 0) is 0 Å². The van der Waals surface area contributed by atoms with Crippen LogP contribution in [-0.4, -0.2) is 23.8 Å². The molecule has 0 aliphatic heterocycles. The molecule has 0 radical (unpaired) electrons.